The number of thiophene rings is 1. The third-order valence-electron chi connectivity index (χ3n) is 4.37. The van der Waals surface area contributed by atoms with Gasteiger partial charge in [-0.25, -0.2) is 13.4 Å². The van der Waals surface area contributed by atoms with E-state index >= 15 is 0 Å². The molecule has 0 spiro atoms. The average molecular weight is 440 g/mol. The highest BCUT2D eigenvalue weighted by Crippen LogP contribution is 2.34. The van der Waals surface area contributed by atoms with E-state index in [2.05, 4.69) is 26.1 Å². The highest BCUT2D eigenvalue weighted by atomic mass is 35.5. The molecule has 27 heavy (non-hydrogen) atoms. The SMILES string of the molecule is O=S(=O)(Nc1ccccc1N1CCc2sccc2C1)c1ccc(Cl)nc1Cl. The molecule has 0 amide bonds. The first kappa shape index (κ1) is 18.6. The van der Waals surface area contributed by atoms with Crippen molar-refractivity contribution in [3.8, 4) is 0 Å². The van der Waals surface area contributed by atoms with Crippen LogP contribution in [0.4, 0.5) is 11.4 Å². The molecule has 1 aliphatic rings. The third kappa shape index (κ3) is 3.78. The fraction of sp³-hybridized carbons (Fsp3) is 0.167. The van der Waals surface area contributed by atoms with Crippen molar-refractivity contribution < 1.29 is 8.42 Å². The van der Waals surface area contributed by atoms with Crippen LogP contribution in [-0.4, -0.2) is 19.9 Å². The first-order valence-electron chi connectivity index (χ1n) is 8.18. The van der Waals surface area contributed by atoms with Gasteiger partial charge in [0.15, 0.2) is 5.15 Å². The molecule has 0 bridgehead atoms. The van der Waals surface area contributed by atoms with Crippen LogP contribution in [0, 0.1) is 0 Å². The zero-order valence-electron chi connectivity index (χ0n) is 14.0. The zero-order chi connectivity index (χ0) is 19.0. The van der Waals surface area contributed by atoms with E-state index in [0.717, 1.165) is 25.2 Å². The van der Waals surface area contributed by atoms with Gasteiger partial charge in [-0.05, 0) is 47.7 Å². The van der Waals surface area contributed by atoms with Crippen LogP contribution in [0.1, 0.15) is 10.4 Å². The monoisotopic (exact) mass is 439 g/mol. The van der Waals surface area contributed by atoms with Gasteiger partial charge in [-0.15, -0.1) is 11.3 Å². The number of nitrogens with one attached hydrogen (secondary N) is 1. The first-order valence-corrected chi connectivity index (χ1v) is 11.3. The van der Waals surface area contributed by atoms with Gasteiger partial charge in [-0.3, -0.25) is 4.72 Å². The Kier molecular flexibility index (Phi) is 5.03. The van der Waals surface area contributed by atoms with E-state index in [1.54, 1.807) is 23.5 Å². The van der Waals surface area contributed by atoms with Crippen LogP contribution in [0.25, 0.3) is 0 Å². The zero-order valence-corrected chi connectivity index (χ0v) is 17.2. The van der Waals surface area contributed by atoms with Gasteiger partial charge in [0.05, 0.1) is 11.4 Å². The molecule has 4 rings (SSSR count). The van der Waals surface area contributed by atoms with Crippen LogP contribution in [-0.2, 0) is 23.0 Å². The summed E-state index contributed by atoms with van der Waals surface area (Å²) in [6.45, 7) is 1.58. The Morgan fingerprint density at radius 1 is 1.11 bits per heavy atom. The number of halogens is 2. The standard InChI is InChI=1S/C18H15Cl2N3O2S2/c19-17-6-5-16(18(20)21-17)27(24,25)22-13-3-1-2-4-14(13)23-9-7-15-12(11-23)8-10-26-15/h1-6,8,10,22H,7,9,11H2. The van der Waals surface area contributed by atoms with Crippen molar-refractivity contribution in [2.75, 3.05) is 16.2 Å². The van der Waals surface area contributed by atoms with Crippen LogP contribution < -0.4 is 9.62 Å². The number of aromatic nitrogens is 1. The normalized spacial score (nSPS) is 14.1. The summed E-state index contributed by atoms with van der Waals surface area (Å²) in [5, 5.41) is 2.07. The minimum Gasteiger partial charge on any atom is -0.365 e. The Labute approximate surface area is 171 Å². The van der Waals surface area contributed by atoms with Crippen LogP contribution in [0.5, 0.6) is 0 Å². The molecule has 0 saturated heterocycles. The first-order chi connectivity index (χ1) is 12.9. The molecule has 0 saturated carbocycles. The molecule has 0 atom stereocenters. The van der Waals surface area contributed by atoms with E-state index in [1.165, 1.54) is 22.6 Å². The van der Waals surface area contributed by atoms with Gasteiger partial charge in [0.2, 0.25) is 0 Å². The predicted molar refractivity (Wildman–Crippen MR) is 111 cm³/mol. The highest BCUT2D eigenvalue weighted by Gasteiger charge is 2.24. The maximum Gasteiger partial charge on any atom is 0.265 e. The van der Waals surface area contributed by atoms with E-state index in [0.29, 0.717) is 5.69 Å². The molecule has 0 radical (unpaired) electrons. The van der Waals surface area contributed by atoms with Gasteiger partial charge in [0, 0.05) is 18.0 Å². The summed E-state index contributed by atoms with van der Waals surface area (Å²) >= 11 is 13.5. The number of benzene rings is 1. The lowest BCUT2D eigenvalue weighted by atomic mass is 10.1. The summed E-state index contributed by atoms with van der Waals surface area (Å²) in [7, 11) is -3.90. The maximum atomic E-state index is 12.8. The maximum absolute atomic E-state index is 12.8. The lowest BCUT2D eigenvalue weighted by Gasteiger charge is -2.30. The van der Waals surface area contributed by atoms with Crippen molar-refractivity contribution in [1.29, 1.82) is 0 Å². The number of nitrogens with zero attached hydrogens (tertiary/aromatic N) is 2. The van der Waals surface area contributed by atoms with Crippen molar-refractivity contribution in [1.82, 2.24) is 4.98 Å². The summed E-state index contributed by atoms with van der Waals surface area (Å²) < 4.78 is 28.3. The smallest absolute Gasteiger partial charge is 0.265 e. The summed E-state index contributed by atoms with van der Waals surface area (Å²) in [6.07, 6.45) is 0.945. The van der Waals surface area contributed by atoms with Crippen molar-refractivity contribution in [3.63, 3.8) is 0 Å². The molecule has 1 aliphatic heterocycles. The van der Waals surface area contributed by atoms with E-state index < -0.39 is 10.0 Å². The molecular weight excluding hydrogens is 425 g/mol. The number of hydrogen-bond acceptors (Lipinski definition) is 5. The van der Waals surface area contributed by atoms with E-state index in [1.807, 2.05) is 12.1 Å². The van der Waals surface area contributed by atoms with Gasteiger partial charge < -0.3 is 4.90 Å². The number of pyridine rings is 1. The molecule has 3 aromatic rings. The lowest BCUT2D eigenvalue weighted by Crippen LogP contribution is -2.30. The summed E-state index contributed by atoms with van der Waals surface area (Å²) in [5.41, 5.74) is 2.62. The quantitative estimate of drug-likeness (QED) is 0.592. The molecule has 2 aromatic heterocycles. The van der Waals surface area contributed by atoms with Crippen molar-refractivity contribution in [3.05, 3.63) is 68.6 Å². The molecule has 1 aromatic carbocycles. The summed E-state index contributed by atoms with van der Waals surface area (Å²) in [5.74, 6) is 0. The number of sulfonamides is 1. The van der Waals surface area contributed by atoms with Crippen molar-refractivity contribution >= 4 is 55.9 Å². The lowest BCUT2D eigenvalue weighted by molar-refractivity contribution is 0.601. The summed E-state index contributed by atoms with van der Waals surface area (Å²) in [4.78, 5) is 7.27. The molecule has 1 N–H and O–H groups in total. The Balaban J connectivity index is 1.66. The van der Waals surface area contributed by atoms with Gasteiger partial charge in [-0.1, -0.05) is 35.3 Å². The van der Waals surface area contributed by atoms with Gasteiger partial charge in [0.25, 0.3) is 10.0 Å². The number of fused-ring (bicyclic) bond motifs is 1. The molecule has 0 unspecified atom stereocenters. The molecule has 140 valence electrons. The number of anilines is 2. The fourth-order valence-corrected chi connectivity index (χ4v) is 5.72. The van der Waals surface area contributed by atoms with Gasteiger partial charge >= 0.3 is 0 Å². The van der Waals surface area contributed by atoms with Crippen molar-refractivity contribution in [2.24, 2.45) is 0 Å². The molecular formula is C18H15Cl2N3O2S2. The van der Waals surface area contributed by atoms with Crippen molar-refractivity contribution in [2.45, 2.75) is 17.9 Å². The van der Waals surface area contributed by atoms with Crippen LogP contribution >= 0.6 is 34.5 Å². The number of hydrogen-bond donors (Lipinski definition) is 1. The van der Waals surface area contributed by atoms with Crippen LogP contribution in [0.3, 0.4) is 0 Å². The Morgan fingerprint density at radius 2 is 1.93 bits per heavy atom. The number of para-hydroxylation sites is 2. The highest BCUT2D eigenvalue weighted by molar-refractivity contribution is 7.92. The predicted octanol–water partition coefficient (Wildman–Crippen LogP) is 4.81. The minimum atomic E-state index is -3.90. The second-order valence-electron chi connectivity index (χ2n) is 6.09. The van der Waals surface area contributed by atoms with Gasteiger partial charge in [0.1, 0.15) is 10.0 Å². The molecule has 3 heterocycles. The molecule has 0 aliphatic carbocycles. The van der Waals surface area contributed by atoms with Crippen LogP contribution in [0.15, 0.2) is 52.7 Å². The third-order valence-corrected chi connectivity index (χ3v) is 7.40. The Bertz CT molecular complexity index is 1100. The van der Waals surface area contributed by atoms with E-state index in [4.69, 9.17) is 23.2 Å². The fourth-order valence-electron chi connectivity index (χ4n) is 3.09. The average Bonchev–Trinajstić information content (AvgIpc) is 3.09. The second-order valence-corrected chi connectivity index (χ2v) is 9.48. The second kappa shape index (κ2) is 7.31. The topological polar surface area (TPSA) is 62.3 Å². The molecule has 5 nitrogen and oxygen atoms in total. The van der Waals surface area contributed by atoms with E-state index in [9.17, 15) is 8.42 Å². The summed E-state index contributed by atoms with van der Waals surface area (Å²) in [6, 6.07) is 12.2. The number of rotatable bonds is 4. The van der Waals surface area contributed by atoms with Gasteiger partial charge in [-0.2, -0.15) is 0 Å². The molecule has 0 fully saturated rings. The Morgan fingerprint density at radius 3 is 2.74 bits per heavy atom. The van der Waals surface area contributed by atoms with Crippen LogP contribution in [0.2, 0.25) is 10.3 Å². The largest absolute Gasteiger partial charge is 0.365 e. The van der Waals surface area contributed by atoms with E-state index in [-0.39, 0.29) is 15.2 Å². The Hall–Kier alpha value is -1.80. The molecule has 9 heteroatoms. The minimum absolute atomic E-state index is 0.109.